The molecule has 0 aliphatic heterocycles. The number of alkyl halides is 3. The van der Waals surface area contributed by atoms with Crippen LogP contribution in [-0.2, 0) is 9.53 Å². The van der Waals surface area contributed by atoms with Crippen molar-refractivity contribution in [3.8, 4) is 0 Å². The van der Waals surface area contributed by atoms with E-state index in [0.717, 1.165) is 13.0 Å². The number of halogens is 3. The van der Waals surface area contributed by atoms with Gasteiger partial charge in [-0.3, -0.25) is 4.79 Å². The van der Waals surface area contributed by atoms with Crippen LogP contribution in [0.3, 0.4) is 0 Å². The van der Waals surface area contributed by atoms with Crippen LogP contribution in [0.15, 0.2) is 0 Å². The van der Waals surface area contributed by atoms with Crippen LogP contribution in [0.5, 0.6) is 0 Å². The minimum absolute atomic E-state index is 0.132. The molecule has 0 radical (unpaired) electrons. The molecule has 0 unspecified atom stereocenters. The zero-order valence-electron chi connectivity index (χ0n) is 10.1. The molecule has 2 nitrogen and oxygen atoms in total. The second-order valence-corrected chi connectivity index (χ2v) is 10.7. The molecule has 0 aliphatic rings. The van der Waals surface area contributed by atoms with Crippen LogP contribution >= 0.6 is 0 Å². The highest BCUT2D eigenvalue weighted by Crippen LogP contribution is 2.28. The van der Waals surface area contributed by atoms with Gasteiger partial charge in [-0.1, -0.05) is 32.1 Å². The molecule has 0 rings (SSSR count). The first-order valence-electron chi connectivity index (χ1n) is 5.26. The molecule has 0 N–H and O–H groups in total. The maximum absolute atomic E-state index is 12.4. The maximum atomic E-state index is 12.4. The molecule has 0 aromatic carbocycles. The largest absolute Gasteiger partial charge is 0.453 e. The van der Waals surface area contributed by atoms with Crippen molar-refractivity contribution in [3.63, 3.8) is 0 Å². The average molecular weight is 256 g/mol. The Balaban J connectivity index is 4.19. The lowest BCUT2D eigenvalue weighted by atomic mass is 10.2. The summed E-state index contributed by atoms with van der Waals surface area (Å²) in [5, 5.41) is 0. The Hall–Kier alpha value is -0.523. The smallest absolute Gasteiger partial charge is 0.425 e. The Kier molecular flexibility index (Phi) is 5.51. The van der Waals surface area contributed by atoms with Crippen LogP contribution < -0.4 is 0 Å². The highest BCUT2D eigenvalue weighted by molar-refractivity contribution is 6.76. The predicted molar refractivity (Wildman–Crippen MR) is 59.0 cm³/mol. The molecule has 96 valence electrons. The summed E-state index contributed by atoms with van der Waals surface area (Å²) in [7, 11) is -1.33. The zero-order chi connectivity index (χ0) is 13.0. The van der Waals surface area contributed by atoms with Gasteiger partial charge in [0.2, 0.25) is 0 Å². The lowest BCUT2D eigenvalue weighted by Crippen LogP contribution is -2.33. The van der Waals surface area contributed by atoms with Crippen LogP contribution in [0.2, 0.25) is 25.7 Å². The maximum Gasteiger partial charge on any atom is 0.425 e. The minimum atomic E-state index is -4.45. The van der Waals surface area contributed by atoms with Gasteiger partial charge in [0, 0.05) is 15.0 Å². The second kappa shape index (κ2) is 5.70. The van der Waals surface area contributed by atoms with Crippen LogP contribution in [0.1, 0.15) is 19.8 Å². The highest BCUT2D eigenvalue weighted by Gasteiger charge is 2.41. The average Bonchev–Trinajstić information content (AvgIpc) is 1.97. The summed E-state index contributed by atoms with van der Waals surface area (Å²) in [6.45, 7) is 7.29. The van der Waals surface area contributed by atoms with E-state index in [0.29, 0.717) is 6.42 Å². The molecule has 0 bridgehead atoms. The van der Waals surface area contributed by atoms with E-state index in [-0.39, 0.29) is 6.42 Å². The first-order valence-corrected chi connectivity index (χ1v) is 8.97. The van der Waals surface area contributed by atoms with Crippen molar-refractivity contribution in [1.29, 1.82) is 0 Å². The second-order valence-electron chi connectivity index (χ2n) is 5.09. The van der Waals surface area contributed by atoms with Crippen molar-refractivity contribution in [2.24, 2.45) is 0 Å². The Bertz CT molecular complexity index is 233. The normalized spacial score (nSPS) is 14.7. The quantitative estimate of drug-likeness (QED) is 0.555. The molecule has 0 spiro atoms. The first kappa shape index (κ1) is 15.5. The molecule has 6 heteroatoms. The summed E-state index contributed by atoms with van der Waals surface area (Å²) in [4.78, 5) is 10.5. The Morgan fingerprint density at radius 2 is 1.81 bits per heavy atom. The molecule has 0 heterocycles. The number of esters is 1. The van der Waals surface area contributed by atoms with Gasteiger partial charge in [0.05, 0.1) is 0 Å². The molecule has 16 heavy (non-hydrogen) atoms. The summed E-state index contributed by atoms with van der Waals surface area (Å²) in [6.07, 6.45) is -6.08. The lowest BCUT2D eigenvalue weighted by molar-refractivity contribution is -0.221. The van der Waals surface area contributed by atoms with E-state index in [1.807, 2.05) is 0 Å². The Morgan fingerprint density at radius 1 is 1.31 bits per heavy atom. The molecule has 0 aromatic heterocycles. The van der Waals surface area contributed by atoms with Gasteiger partial charge in [0.15, 0.2) is 6.10 Å². The lowest BCUT2D eigenvalue weighted by Gasteiger charge is -2.22. The fourth-order valence-corrected chi connectivity index (χ4v) is 2.57. The van der Waals surface area contributed by atoms with Gasteiger partial charge >= 0.3 is 12.1 Å². The van der Waals surface area contributed by atoms with E-state index in [9.17, 15) is 18.0 Å². The molecule has 0 aliphatic carbocycles. The summed E-state index contributed by atoms with van der Waals surface area (Å²) in [5.74, 6) is -0.879. The molecular formula is C10H19F3O2Si. The van der Waals surface area contributed by atoms with E-state index in [1.54, 1.807) is 0 Å². The van der Waals surface area contributed by atoms with Gasteiger partial charge in [-0.15, -0.1) is 0 Å². The SMILES string of the molecule is CC(=O)O[C@@H](CCC[Si](C)(C)C)C(F)(F)F. The van der Waals surface area contributed by atoms with Crippen LogP contribution in [0, 0.1) is 0 Å². The number of carbonyl (C=O) groups is 1. The van der Waals surface area contributed by atoms with E-state index in [4.69, 9.17) is 0 Å². The topological polar surface area (TPSA) is 26.3 Å². The summed E-state index contributed by atoms with van der Waals surface area (Å²) in [6, 6.07) is 0.806. The molecule has 1 atom stereocenters. The number of hydrogen-bond donors (Lipinski definition) is 0. The number of ether oxygens (including phenoxy) is 1. The fourth-order valence-electron chi connectivity index (χ4n) is 1.31. The zero-order valence-corrected chi connectivity index (χ0v) is 11.1. The third-order valence-corrected chi connectivity index (χ3v) is 3.92. The van der Waals surface area contributed by atoms with E-state index in [1.165, 1.54) is 0 Å². The highest BCUT2D eigenvalue weighted by atomic mass is 28.3. The van der Waals surface area contributed by atoms with E-state index in [2.05, 4.69) is 24.4 Å². The fraction of sp³-hybridized carbons (Fsp3) is 0.900. The van der Waals surface area contributed by atoms with Gasteiger partial charge in [-0.2, -0.15) is 13.2 Å². The third-order valence-electron chi connectivity index (χ3n) is 2.07. The van der Waals surface area contributed by atoms with Crippen molar-refractivity contribution in [2.75, 3.05) is 0 Å². The molecule has 0 aromatic rings. The molecular weight excluding hydrogens is 237 g/mol. The van der Waals surface area contributed by atoms with Gasteiger partial charge in [-0.25, -0.2) is 0 Å². The monoisotopic (exact) mass is 256 g/mol. The number of hydrogen-bond acceptors (Lipinski definition) is 2. The molecule has 0 fully saturated rings. The van der Waals surface area contributed by atoms with Gasteiger partial charge < -0.3 is 4.74 Å². The van der Waals surface area contributed by atoms with Crippen LogP contribution in [0.25, 0.3) is 0 Å². The summed E-state index contributed by atoms with van der Waals surface area (Å²) < 4.78 is 41.6. The minimum Gasteiger partial charge on any atom is -0.453 e. The van der Waals surface area contributed by atoms with Crippen LogP contribution in [-0.4, -0.2) is 26.3 Å². The van der Waals surface area contributed by atoms with E-state index >= 15 is 0 Å². The molecule has 0 saturated carbocycles. The van der Waals surface area contributed by atoms with Crippen molar-refractivity contribution < 1.29 is 22.7 Å². The van der Waals surface area contributed by atoms with Gasteiger partial charge in [0.1, 0.15) is 0 Å². The predicted octanol–water partition coefficient (Wildman–Crippen LogP) is 3.60. The van der Waals surface area contributed by atoms with Crippen molar-refractivity contribution in [2.45, 2.75) is 57.7 Å². The molecule has 0 saturated heterocycles. The third kappa shape index (κ3) is 7.73. The number of rotatable bonds is 5. The van der Waals surface area contributed by atoms with Crippen molar-refractivity contribution in [1.82, 2.24) is 0 Å². The molecule has 0 amide bonds. The number of carbonyl (C=O) groups excluding carboxylic acids is 1. The summed E-state index contributed by atoms with van der Waals surface area (Å²) in [5.41, 5.74) is 0. The van der Waals surface area contributed by atoms with Gasteiger partial charge in [-0.05, 0) is 6.42 Å². The first-order chi connectivity index (χ1) is 7.02. The summed E-state index contributed by atoms with van der Waals surface area (Å²) >= 11 is 0. The Morgan fingerprint density at radius 3 is 2.12 bits per heavy atom. The Labute approximate surface area is 95.2 Å². The van der Waals surface area contributed by atoms with Crippen molar-refractivity contribution >= 4 is 14.0 Å². The van der Waals surface area contributed by atoms with Gasteiger partial charge in [0.25, 0.3) is 0 Å². The standard InChI is InChI=1S/C10H19F3O2Si/c1-8(14)15-9(10(11,12)13)6-5-7-16(2,3)4/h9H,5-7H2,1-4H3/t9-/m0/s1. The van der Waals surface area contributed by atoms with Crippen molar-refractivity contribution in [3.05, 3.63) is 0 Å². The van der Waals surface area contributed by atoms with Crippen LogP contribution in [0.4, 0.5) is 13.2 Å². The van der Waals surface area contributed by atoms with E-state index < -0.39 is 26.3 Å².